The van der Waals surface area contributed by atoms with E-state index < -0.39 is 12.2 Å². The minimum Gasteiger partial charge on any atom is -0.384 e. The molecule has 1 amide bonds. The van der Waals surface area contributed by atoms with Gasteiger partial charge in [0.1, 0.15) is 17.7 Å². The van der Waals surface area contributed by atoms with Crippen LogP contribution in [0.3, 0.4) is 0 Å². The first-order valence-corrected chi connectivity index (χ1v) is 11.1. The lowest BCUT2D eigenvalue weighted by Crippen LogP contribution is -2.51. The molecule has 0 bridgehead atoms. The van der Waals surface area contributed by atoms with Gasteiger partial charge in [0.25, 0.3) is 5.91 Å². The van der Waals surface area contributed by atoms with Crippen LogP contribution in [-0.4, -0.2) is 41.6 Å². The van der Waals surface area contributed by atoms with Crippen LogP contribution in [0, 0.1) is 5.41 Å². The Balaban J connectivity index is 1.60. The second-order valence-electron chi connectivity index (χ2n) is 8.53. The maximum Gasteiger partial charge on any atom is 0.268 e. The summed E-state index contributed by atoms with van der Waals surface area (Å²) in [6, 6.07) is 21.0. The molecular weight excluding hydrogens is 417 g/mol. The second-order valence-corrected chi connectivity index (χ2v) is 8.53. The number of rotatable bonds is 5. The van der Waals surface area contributed by atoms with Crippen LogP contribution >= 0.6 is 0 Å². The van der Waals surface area contributed by atoms with Crippen molar-refractivity contribution in [3.63, 3.8) is 0 Å². The predicted octanol–water partition coefficient (Wildman–Crippen LogP) is 3.56. The van der Waals surface area contributed by atoms with Crippen molar-refractivity contribution in [1.82, 2.24) is 15.2 Å². The first kappa shape index (κ1) is 21.2. The Morgan fingerprint density at radius 1 is 1.12 bits per heavy atom. The molecule has 7 heteroatoms. The molecule has 0 aliphatic carbocycles. The lowest BCUT2D eigenvalue weighted by molar-refractivity contribution is 0.0884. The smallest absolute Gasteiger partial charge is 0.268 e. The number of hydrogen-bond acceptors (Lipinski definition) is 3. The van der Waals surface area contributed by atoms with Crippen molar-refractivity contribution in [3.05, 3.63) is 83.6 Å². The number of carbonyl (C=O) groups is 1. The minimum atomic E-state index is -1.12. The maximum absolute atomic E-state index is 14.4. The standard InChI is InChI=1S/C26H26FN5O/c27-21-14-30-11-10-22(21)31-26(33)24-12-17-8-9-18(25(28)29)13-23(17)32(24)15-19-6-3-5-16-4-1-2-7-20(16)19/h1-9,12-13,21-22,30H,10-11,14-15H2,(H3,28,29)(H,31,33). The van der Waals surface area contributed by atoms with Crippen molar-refractivity contribution in [1.29, 1.82) is 5.41 Å². The van der Waals surface area contributed by atoms with Gasteiger partial charge in [0.2, 0.25) is 0 Å². The predicted molar refractivity (Wildman–Crippen MR) is 130 cm³/mol. The highest BCUT2D eigenvalue weighted by Gasteiger charge is 2.27. The van der Waals surface area contributed by atoms with E-state index in [1.54, 1.807) is 6.07 Å². The molecule has 2 atom stereocenters. The summed E-state index contributed by atoms with van der Waals surface area (Å²) in [5.74, 6) is -0.332. The van der Waals surface area contributed by atoms with Gasteiger partial charge in [-0.05, 0) is 41.4 Å². The average molecular weight is 444 g/mol. The SMILES string of the molecule is N=C(N)c1ccc2cc(C(=O)NC3CCNCC3F)n(Cc3cccc4ccccc34)c2c1. The van der Waals surface area contributed by atoms with Gasteiger partial charge < -0.3 is 20.9 Å². The number of aromatic nitrogens is 1. The summed E-state index contributed by atoms with van der Waals surface area (Å²) < 4.78 is 16.3. The second kappa shape index (κ2) is 8.67. The molecule has 33 heavy (non-hydrogen) atoms. The molecule has 1 saturated heterocycles. The molecule has 1 fully saturated rings. The molecule has 1 aromatic heterocycles. The lowest BCUT2D eigenvalue weighted by atomic mass is 10.0. The molecular formula is C26H26FN5O. The average Bonchev–Trinajstić information content (AvgIpc) is 3.18. The molecule has 1 aliphatic rings. The molecule has 6 nitrogen and oxygen atoms in total. The fourth-order valence-electron chi connectivity index (χ4n) is 4.61. The first-order valence-electron chi connectivity index (χ1n) is 11.1. The third-order valence-electron chi connectivity index (χ3n) is 6.38. The van der Waals surface area contributed by atoms with Gasteiger partial charge in [-0.2, -0.15) is 0 Å². The first-order chi connectivity index (χ1) is 16.0. The van der Waals surface area contributed by atoms with Crippen molar-refractivity contribution in [3.8, 4) is 0 Å². The third-order valence-corrected chi connectivity index (χ3v) is 6.38. The molecule has 4 aromatic rings. The molecule has 0 radical (unpaired) electrons. The fourth-order valence-corrected chi connectivity index (χ4v) is 4.61. The van der Waals surface area contributed by atoms with Gasteiger partial charge in [0, 0.05) is 29.6 Å². The zero-order valence-electron chi connectivity index (χ0n) is 18.1. The van der Waals surface area contributed by atoms with Gasteiger partial charge >= 0.3 is 0 Å². The molecule has 1 aliphatic heterocycles. The summed E-state index contributed by atoms with van der Waals surface area (Å²) in [6.07, 6.45) is -0.576. The van der Waals surface area contributed by atoms with E-state index in [1.165, 1.54) is 0 Å². The summed E-state index contributed by atoms with van der Waals surface area (Å²) >= 11 is 0. The van der Waals surface area contributed by atoms with E-state index in [2.05, 4.69) is 34.9 Å². The molecule has 2 unspecified atom stereocenters. The number of piperidine rings is 1. The van der Waals surface area contributed by atoms with Crippen LogP contribution in [0.1, 0.15) is 28.0 Å². The zero-order chi connectivity index (χ0) is 22.9. The van der Waals surface area contributed by atoms with Crippen molar-refractivity contribution < 1.29 is 9.18 Å². The van der Waals surface area contributed by atoms with Crippen LogP contribution in [0.15, 0.2) is 66.7 Å². The van der Waals surface area contributed by atoms with Gasteiger partial charge in [-0.15, -0.1) is 0 Å². The third kappa shape index (κ3) is 4.07. The van der Waals surface area contributed by atoms with Crippen LogP contribution in [-0.2, 0) is 6.54 Å². The fraction of sp³-hybridized carbons (Fsp3) is 0.231. The number of halogens is 1. The van der Waals surface area contributed by atoms with Crippen molar-refractivity contribution in [2.75, 3.05) is 13.1 Å². The Morgan fingerprint density at radius 3 is 2.76 bits per heavy atom. The van der Waals surface area contributed by atoms with E-state index in [9.17, 15) is 9.18 Å². The van der Waals surface area contributed by atoms with Crippen LogP contribution in [0.25, 0.3) is 21.7 Å². The summed E-state index contributed by atoms with van der Waals surface area (Å²) in [7, 11) is 0. The zero-order valence-corrected chi connectivity index (χ0v) is 18.1. The summed E-state index contributed by atoms with van der Waals surface area (Å²) in [4.78, 5) is 13.3. The monoisotopic (exact) mass is 443 g/mol. The Hall–Kier alpha value is -3.71. The Bertz CT molecular complexity index is 1360. The van der Waals surface area contributed by atoms with Crippen molar-refractivity contribution in [2.24, 2.45) is 5.73 Å². The number of amides is 1. The number of alkyl halides is 1. The number of amidine groups is 1. The highest BCUT2D eigenvalue weighted by atomic mass is 19.1. The highest BCUT2D eigenvalue weighted by Crippen LogP contribution is 2.26. The highest BCUT2D eigenvalue weighted by molar-refractivity contribution is 6.02. The molecule has 2 heterocycles. The Labute approximate surface area is 191 Å². The Kier molecular flexibility index (Phi) is 5.56. The number of nitrogens with two attached hydrogens (primary N) is 1. The number of hydrogen-bond donors (Lipinski definition) is 4. The molecule has 5 N–H and O–H groups in total. The van der Waals surface area contributed by atoms with Crippen LogP contribution < -0.4 is 16.4 Å². The number of nitrogens with zero attached hydrogens (tertiary/aromatic N) is 1. The van der Waals surface area contributed by atoms with Gasteiger partial charge in [-0.25, -0.2) is 4.39 Å². The van der Waals surface area contributed by atoms with Gasteiger partial charge in [-0.1, -0.05) is 54.6 Å². The van der Waals surface area contributed by atoms with Crippen molar-refractivity contribution in [2.45, 2.75) is 25.2 Å². The molecule has 5 rings (SSSR count). The van der Waals surface area contributed by atoms with E-state index in [0.717, 1.165) is 27.2 Å². The molecule has 0 spiro atoms. The molecule has 3 aromatic carbocycles. The van der Waals surface area contributed by atoms with E-state index in [1.807, 2.05) is 41.0 Å². The van der Waals surface area contributed by atoms with E-state index >= 15 is 0 Å². The summed E-state index contributed by atoms with van der Waals surface area (Å²) in [5, 5.41) is 16.9. The molecule has 168 valence electrons. The van der Waals surface area contributed by atoms with Crippen molar-refractivity contribution >= 4 is 33.4 Å². The van der Waals surface area contributed by atoms with Crippen LogP contribution in [0.4, 0.5) is 4.39 Å². The maximum atomic E-state index is 14.4. The van der Waals surface area contributed by atoms with E-state index in [-0.39, 0.29) is 18.3 Å². The summed E-state index contributed by atoms with van der Waals surface area (Å²) in [6.45, 7) is 1.37. The van der Waals surface area contributed by atoms with Crippen LogP contribution in [0.2, 0.25) is 0 Å². The van der Waals surface area contributed by atoms with Crippen LogP contribution in [0.5, 0.6) is 0 Å². The number of nitrogen functional groups attached to an aromatic ring is 1. The number of nitrogens with one attached hydrogen (secondary N) is 3. The lowest BCUT2D eigenvalue weighted by Gasteiger charge is -2.27. The quantitative estimate of drug-likeness (QED) is 0.281. The Morgan fingerprint density at radius 2 is 1.94 bits per heavy atom. The molecule has 0 saturated carbocycles. The number of fused-ring (bicyclic) bond motifs is 2. The van der Waals surface area contributed by atoms with Gasteiger partial charge in [0.05, 0.1) is 6.04 Å². The van der Waals surface area contributed by atoms with E-state index in [0.29, 0.717) is 30.8 Å². The number of benzene rings is 3. The van der Waals surface area contributed by atoms with Gasteiger partial charge in [-0.3, -0.25) is 10.2 Å². The van der Waals surface area contributed by atoms with E-state index in [4.69, 9.17) is 11.1 Å². The largest absolute Gasteiger partial charge is 0.384 e. The van der Waals surface area contributed by atoms with Gasteiger partial charge in [0.15, 0.2) is 0 Å². The number of carbonyl (C=O) groups excluding carboxylic acids is 1. The normalized spacial score (nSPS) is 18.5. The minimum absolute atomic E-state index is 0.0317. The summed E-state index contributed by atoms with van der Waals surface area (Å²) in [5.41, 5.74) is 8.66. The topological polar surface area (TPSA) is 95.9 Å².